The number of hydrogen-bond acceptors (Lipinski definition) is 3. The fourth-order valence-corrected chi connectivity index (χ4v) is 2.58. The van der Waals surface area contributed by atoms with Crippen LogP contribution < -0.4 is 0 Å². The number of rotatable bonds is 5. The third-order valence-electron chi connectivity index (χ3n) is 3.59. The van der Waals surface area contributed by atoms with E-state index in [1.807, 2.05) is 38.1 Å². The first-order chi connectivity index (χ1) is 9.08. The van der Waals surface area contributed by atoms with Crippen molar-refractivity contribution in [1.82, 2.24) is 0 Å². The molecule has 2 rings (SSSR count). The molecule has 0 fully saturated rings. The molecule has 0 radical (unpaired) electrons. The fourth-order valence-electron chi connectivity index (χ4n) is 2.58. The molecule has 0 saturated heterocycles. The van der Waals surface area contributed by atoms with Gasteiger partial charge in [-0.25, -0.2) is 0 Å². The minimum Gasteiger partial charge on any atom is -0.391 e. The molecule has 0 aromatic heterocycles. The minimum atomic E-state index is -0.554. The Kier molecular flexibility index (Phi) is 4.72. The van der Waals surface area contributed by atoms with Gasteiger partial charge in [0.25, 0.3) is 0 Å². The molecular formula is C16H22O3. The van der Waals surface area contributed by atoms with Gasteiger partial charge in [-0.3, -0.25) is 4.79 Å². The molecule has 0 aliphatic heterocycles. The smallest absolute Gasteiger partial charge is 0.166 e. The Bertz CT molecular complexity index is 439. The summed E-state index contributed by atoms with van der Waals surface area (Å²) in [6.45, 7) is 4.19. The third kappa shape index (κ3) is 3.64. The van der Waals surface area contributed by atoms with Crippen molar-refractivity contribution in [3.8, 4) is 0 Å². The summed E-state index contributed by atoms with van der Waals surface area (Å²) in [6, 6.07) is 7.78. The van der Waals surface area contributed by atoms with Crippen LogP contribution in [-0.4, -0.2) is 29.7 Å². The van der Waals surface area contributed by atoms with Gasteiger partial charge in [0.1, 0.15) is 0 Å². The van der Waals surface area contributed by atoms with Crippen molar-refractivity contribution < 1.29 is 14.6 Å². The second-order valence-electron chi connectivity index (χ2n) is 5.53. The number of aliphatic hydroxyl groups excluding tert-OH is 1. The number of fused-ring (bicyclic) bond motifs is 1. The lowest BCUT2D eigenvalue weighted by Crippen LogP contribution is -2.29. The van der Waals surface area contributed by atoms with Crippen LogP contribution in [0.3, 0.4) is 0 Å². The van der Waals surface area contributed by atoms with Crippen molar-refractivity contribution in [2.75, 3.05) is 6.61 Å². The summed E-state index contributed by atoms with van der Waals surface area (Å²) in [6.07, 6.45) is 1.80. The molecule has 104 valence electrons. The Hall–Kier alpha value is -1.19. The Balaban J connectivity index is 1.95. The van der Waals surface area contributed by atoms with E-state index in [2.05, 4.69) is 0 Å². The summed E-state index contributed by atoms with van der Waals surface area (Å²) in [5, 5.41) is 9.94. The summed E-state index contributed by atoms with van der Waals surface area (Å²) in [5.41, 5.74) is 1.97. The highest BCUT2D eigenvalue weighted by molar-refractivity contribution is 6.00. The SMILES string of the molecule is CC(C)OCC(O)CC1CCc2ccccc2C1=O. The summed E-state index contributed by atoms with van der Waals surface area (Å²) >= 11 is 0. The van der Waals surface area contributed by atoms with E-state index >= 15 is 0 Å². The number of carbonyl (C=O) groups excluding carboxylic acids is 1. The van der Waals surface area contributed by atoms with Crippen LogP contribution in [0.2, 0.25) is 0 Å². The van der Waals surface area contributed by atoms with E-state index < -0.39 is 6.10 Å². The lowest BCUT2D eigenvalue weighted by atomic mass is 9.80. The van der Waals surface area contributed by atoms with E-state index in [9.17, 15) is 9.90 Å². The van der Waals surface area contributed by atoms with Crippen LogP contribution in [-0.2, 0) is 11.2 Å². The van der Waals surface area contributed by atoms with E-state index in [4.69, 9.17) is 4.74 Å². The van der Waals surface area contributed by atoms with Crippen molar-refractivity contribution in [2.24, 2.45) is 5.92 Å². The second kappa shape index (κ2) is 6.31. The number of hydrogen-bond donors (Lipinski definition) is 1. The zero-order valence-corrected chi connectivity index (χ0v) is 11.6. The molecule has 0 amide bonds. The normalized spacial score (nSPS) is 20.4. The van der Waals surface area contributed by atoms with Crippen LogP contribution in [0, 0.1) is 5.92 Å². The first kappa shape index (κ1) is 14.2. The average Bonchev–Trinajstić information content (AvgIpc) is 2.40. The number of aryl methyl sites for hydroxylation is 1. The third-order valence-corrected chi connectivity index (χ3v) is 3.59. The van der Waals surface area contributed by atoms with Crippen molar-refractivity contribution >= 4 is 5.78 Å². The van der Waals surface area contributed by atoms with E-state index in [1.165, 1.54) is 0 Å². The maximum absolute atomic E-state index is 12.3. The van der Waals surface area contributed by atoms with Gasteiger partial charge in [-0.15, -0.1) is 0 Å². The molecule has 2 unspecified atom stereocenters. The van der Waals surface area contributed by atoms with Gasteiger partial charge >= 0.3 is 0 Å². The average molecular weight is 262 g/mol. The minimum absolute atomic E-state index is 0.0688. The van der Waals surface area contributed by atoms with Gasteiger partial charge in [-0.2, -0.15) is 0 Å². The summed E-state index contributed by atoms with van der Waals surface area (Å²) < 4.78 is 5.39. The molecule has 19 heavy (non-hydrogen) atoms. The van der Waals surface area contributed by atoms with Crippen molar-refractivity contribution in [3.63, 3.8) is 0 Å². The molecule has 1 aromatic rings. The van der Waals surface area contributed by atoms with Gasteiger partial charge < -0.3 is 9.84 Å². The van der Waals surface area contributed by atoms with Crippen LogP contribution in [0.5, 0.6) is 0 Å². The number of aliphatic hydroxyl groups is 1. The predicted molar refractivity (Wildman–Crippen MR) is 74.3 cm³/mol. The Morgan fingerprint density at radius 3 is 2.84 bits per heavy atom. The van der Waals surface area contributed by atoms with Gasteiger partial charge in [0.15, 0.2) is 5.78 Å². The van der Waals surface area contributed by atoms with Crippen LogP contribution >= 0.6 is 0 Å². The van der Waals surface area contributed by atoms with Crippen LogP contribution in [0.25, 0.3) is 0 Å². The van der Waals surface area contributed by atoms with Crippen molar-refractivity contribution in [2.45, 2.75) is 45.3 Å². The number of benzene rings is 1. The highest BCUT2D eigenvalue weighted by Crippen LogP contribution is 2.28. The summed E-state index contributed by atoms with van der Waals surface area (Å²) in [5.74, 6) is 0.103. The Morgan fingerprint density at radius 2 is 2.11 bits per heavy atom. The predicted octanol–water partition coefficient (Wildman–Crippen LogP) is 2.61. The lowest BCUT2D eigenvalue weighted by molar-refractivity contribution is -0.00347. The van der Waals surface area contributed by atoms with E-state index in [0.717, 1.165) is 24.0 Å². The van der Waals surface area contributed by atoms with Crippen molar-refractivity contribution in [3.05, 3.63) is 35.4 Å². The van der Waals surface area contributed by atoms with Crippen LogP contribution in [0.4, 0.5) is 0 Å². The quantitative estimate of drug-likeness (QED) is 0.887. The zero-order valence-electron chi connectivity index (χ0n) is 11.6. The zero-order chi connectivity index (χ0) is 13.8. The van der Waals surface area contributed by atoms with E-state index in [0.29, 0.717) is 13.0 Å². The van der Waals surface area contributed by atoms with Gasteiger partial charge in [0.05, 0.1) is 18.8 Å². The molecule has 1 aliphatic carbocycles. The monoisotopic (exact) mass is 262 g/mol. The Morgan fingerprint density at radius 1 is 1.37 bits per heavy atom. The Labute approximate surface area is 114 Å². The number of carbonyl (C=O) groups is 1. The molecule has 1 aromatic carbocycles. The second-order valence-corrected chi connectivity index (χ2v) is 5.53. The summed E-state index contributed by atoms with van der Waals surface area (Å²) in [7, 11) is 0. The first-order valence-corrected chi connectivity index (χ1v) is 6.99. The number of ether oxygens (including phenoxy) is 1. The maximum Gasteiger partial charge on any atom is 0.166 e. The topological polar surface area (TPSA) is 46.5 Å². The maximum atomic E-state index is 12.3. The molecule has 0 heterocycles. The van der Waals surface area contributed by atoms with Crippen molar-refractivity contribution in [1.29, 1.82) is 0 Å². The molecule has 3 heteroatoms. The van der Waals surface area contributed by atoms with Gasteiger partial charge in [0.2, 0.25) is 0 Å². The molecule has 2 atom stereocenters. The molecule has 0 spiro atoms. The van der Waals surface area contributed by atoms with Crippen LogP contribution in [0.15, 0.2) is 24.3 Å². The van der Waals surface area contributed by atoms with E-state index in [1.54, 1.807) is 0 Å². The molecule has 0 saturated carbocycles. The fraction of sp³-hybridized carbons (Fsp3) is 0.562. The van der Waals surface area contributed by atoms with Gasteiger partial charge in [-0.1, -0.05) is 24.3 Å². The van der Waals surface area contributed by atoms with Gasteiger partial charge in [0, 0.05) is 11.5 Å². The molecule has 1 aliphatic rings. The van der Waals surface area contributed by atoms with Gasteiger partial charge in [-0.05, 0) is 38.7 Å². The van der Waals surface area contributed by atoms with Crippen LogP contribution in [0.1, 0.15) is 42.6 Å². The number of ketones is 1. The molecule has 0 bridgehead atoms. The standard InChI is InChI=1S/C16H22O3/c1-11(2)19-10-14(17)9-13-8-7-12-5-3-4-6-15(12)16(13)18/h3-6,11,13-14,17H,7-10H2,1-2H3. The number of Topliss-reactive ketones (excluding diaryl/α,β-unsaturated/α-hetero) is 1. The molecule has 3 nitrogen and oxygen atoms in total. The highest BCUT2D eigenvalue weighted by atomic mass is 16.5. The van der Waals surface area contributed by atoms with E-state index in [-0.39, 0.29) is 17.8 Å². The lowest BCUT2D eigenvalue weighted by Gasteiger charge is -2.25. The summed E-state index contributed by atoms with van der Waals surface area (Å²) in [4.78, 5) is 12.3. The first-order valence-electron chi connectivity index (χ1n) is 6.99. The molecule has 1 N–H and O–H groups in total. The highest BCUT2D eigenvalue weighted by Gasteiger charge is 2.28. The largest absolute Gasteiger partial charge is 0.391 e. The molecular weight excluding hydrogens is 240 g/mol.